The van der Waals surface area contributed by atoms with Crippen molar-refractivity contribution in [3.63, 3.8) is 0 Å². The normalized spacial score (nSPS) is 13.1. The quantitative estimate of drug-likeness (QED) is 0.511. The summed E-state index contributed by atoms with van der Waals surface area (Å²) in [5, 5.41) is 8.28. The zero-order chi connectivity index (χ0) is 13.0. The molecule has 19 heavy (non-hydrogen) atoms. The molecule has 1 heterocycles. The number of carboxylic acid groups (broad SMARTS) is 1. The average Bonchev–Trinajstić information content (AvgIpc) is 2.74. The standard InChI is InChI=1S/C12H14N2O4.Al/c1-13-6-7-14(9-13)8-10-2-4-11(5-3-10)17-18-12(15)16;/h2-7H,8-9H2,1H3,(H,15,16);. The Morgan fingerprint density at radius 3 is 2.53 bits per heavy atom. The molecular formula is C12H14AlN2O4. The van der Waals surface area contributed by atoms with Crippen LogP contribution < -0.4 is 4.89 Å². The van der Waals surface area contributed by atoms with Gasteiger partial charge in [-0.3, -0.25) is 4.89 Å². The molecule has 0 unspecified atom stereocenters. The van der Waals surface area contributed by atoms with Crippen molar-refractivity contribution >= 4 is 23.5 Å². The maximum Gasteiger partial charge on any atom is 0.547 e. The van der Waals surface area contributed by atoms with E-state index in [1.807, 2.05) is 31.6 Å². The van der Waals surface area contributed by atoms with Gasteiger partial charge >= 0.3 is 6.16 Å². The molecule has 0 saturated carbocycles. The third kappa shape index (κ3) is 4.74. The molecule has 1 aliphatic rings. The minimum absolute atomic E-state index is 0. The van der Waals surface area contributed by atoms with Crippen LogP contribution in [0.15, 0.2) is 36.7 Å². The highest BCUT2D eigenvalue weighted by atomic mass is 27.0. The number of hydrogen-bond acceptors (Lipinski definition) is 5. The van der Waals surface area contributed by atoms with Crippen LogP contribution in [0.3, 0.4) is 0 Å². The number of carbonyl (C=O) groups is 1. The van der Waals surface area contributed by atoms with Crippen molar-refractivity contribution in [1.29, 1.82) is 0 Å². The zero-order valence-electron chi connectivity index (χ0n) is 10.5. The highest BCUT2D eigenvalue weighted by Crippen LogP contribution is 2.15. The molecule has 1 aromatic carbocycles. The van der Waals surface area contributed by atoms with Crippen molar-refractivity contribution in [3.05, 3.63) is 42.2 Å². The summed E-state index contributed by atoms with van der Waals surface area (Å²) in [6, 6.07) is 7.07. The molecule has 99 valence electrons. The van der Waals surface area contributed by atoms with Gasteiger partial charge in [-0.05, 0) is 17.7 Å². The molecule has 0 aromatic heterocycles. The van der Waals surface area contributed by atoms with Crippen molar-refractivity contribution in [2.45, 2.75) is 6.54 Å². The first kappa shape index (κ1) is 15.2. The molecule has 0 amide bonds. The highest BCUT2D eigenvalue weighted by molar-refractivity contribution is 5.75. The molecule has 7 heteroatoms. The van der Waals surface area contributed by atoms with Crippen LogP contribution in [0.4, 0.5) is 4.79 Å². The Bertz CT molecular complexity index is 450. The average molecular weight is 277 g/mol. The van der Waals surface area contributed by atoms with Gasteiger partial charge in [0, 0.05) is 43.4 Å². The first-order chi connectivity index (χ1) is 8.63. The van der Waals surface area contributed by atoms with Gasteiger partial charge in [0.05, 0.1) is 6.67 Å². The largest absolute Gasteiger partial charge is 0.547 e. The van der Waals surface area contributed by atoms with Crippen LogP contribution in [0.25, 0.3) is 0 Å². The fourth-order valence-electron chi connectivity index (χ4n) is 1.66. The van der Waals surface area contributed by atoms with Crippen LogP contribution in [-0.4, -0.2) is 52.1 Å². The van der Waals surface area contributed by atoms with Gasteiger partial charge in [-0.25, -0.2) is 9.68 Å². The van der Waals surface area contributed by atoms with Gasteiger partial charge in [-0.1, -0.05) is 12.1 Å². The molecule has 6 nitrogen and oxygen atoms in total. The van der Waals surface area contributed by atoms with E-state index in [1.165, 1.54) is 0 Å². The smallest absolute Gasteiger partial charge is 0.447 e. The summed E-state index contributed by atoms with van der Waals surface area (Å²) in [4.78, 5) is 22.9. The molecule has 0 bridgehead atoms. The molecule has 1 aromatic rings. The monoisotopic (exact) mass is 277 g/mol. The third-order valence-electron chi connectivity index (χ3n) is 2.45. The first-order valence-electron chi connectivity index (χ1n) is 5.42. The molecule has 0 saturated heterocycles. The van der Waals surface area contributed by atoms with E-state index in [0.717, 1.165) is 18.8 Å². The SMILES string of the molecule is CN1C=CN(Cc2ccc(OOC(=O)O)cc2)C1.[Al]. The van der Waals surface area contributed by atoms with Gasteiger partial charge in [-0.15, -0.1) is 0 Å². The molecule has 0 fully saturated rings. The second kappa shape index (κ2) is 6.93. The Hall–Kier alpha value is -1.84. The molecular weight excluding hydrogens is 263 g/mol. The van der Waals surface area contributed by atoms with Crippen LogP contribution in [0.2, 0.25) is 0 Å². The van der Waals surface area contributed by atoms with Gasteiger partial charge in [0.1, 0.15) is 0 Å². The Morgan fingerprint density at radius 2 is 2.00 bits per heavy atom. The summed E-state index contributed by atoms with van der Waals surface area (Å²) in [5.74, 6) is 0.357. The zero-order valence-corrected chi connectivity index (χ0v) is 11.7. The lowest BCUT2D eigenvalue weighted by Gasteiger charge is -2.18. The summed E-state index contributed by atoms with van der Waals surface area (Å²) in [6.07, 6.45) is 2.57. The summed E-state index contributed by atoms with van der Waals surface area (Å²) < 4.78 is 0. The van der Waals surface area contributed by atoms with Gasteiger partial charge in [-0.2, -0.15) is 0 Å². The fourth-order valence-corrected chi connectivity index (χ4v) is 1.66. The minimum atomic E-state index is -1.47. The number of benzene rings is 1. The van der Waals surface area contributed by atoms with E-state index in [-0.39, 0.29) is 17.4 Å². The molecule has 1 N–H and O–H groups in total. The Kier molecular flexibility index (Phi) is 5.55. The Balaban J connectivity index is 0.00000180. The van der Waals surface area contributed by atoms with E-state index < -0.39 is 6.16 Å². The maximum atomic E-state index is 10.1. The molecule has 0 spiro atoms. The topological polar surface area (TPSA) is 62.2 Å². The van der Waals surface area contributed by atoms with Crippen LogP contribution in [-0.2, 0) is 11.4 Å². The molecule has 0 atom stereocenters. The summed E-state index contributed by atoms with van der Waals surface area (Å²) in [7, 11) is 2.01. The van der Waals surface area contributed by atoms with Crippen molar-refractivity contribution in [2.24, 2.45) is 0 Å². The van der Waals surface area contributed by atoms with E-state index in [2.05, 4.69) is 19.6 Å². The predicted octanol–water partition coefficient (Wildman–Crippen LogP) is 1.47. The lowest BCUT2D eigenvalue weighted by Crippen LogP contribution is -2.21. The number of nitrogens with zero attached hydrogens (tertiary/aromatic N) is 2. The van der Waals surface area contributed by atoms with Gasteiger partial charge in [0.15, 0.2) is 5.75 Å². The van der Waals surface area contributed by atoms with Gasteiger partial charge in [0.25, 0.3) is 0 Å². The van der Waals surface area contributed by atoms with Gasteiger partial charge in [0.2, 0.25) is 0 Å². The van der Waals surface area contributed by atoms with E-state index in [4.69, 9.17) is 5.11 Å². The Morgan fingerprint density at radius 1 is 1.32 bits per heavy atom. The van der Waals surface area contributed by atoms with Crippen molar-refractivity contribution < 1.29 is 19.7 Å². The van der Waals surface area contributed by atoms with Crippen LogP contribution in [0, 0.1) is 0 Å². The highest BCUT2D eigenvalue weighted by Gasteiger charge is 2.09. The maximum absolute atomic E-state index is 10.1. The van der Waals surface area contributed by atoms with E-state index in [9.17, 15) is 4.79 Å². The van der Waals surface area contributed by atoms with Crippen molar-refractivity contribution in [1.82, 2.24) is 9.80 Å². The summed E-state index contributed by atoms with van der Waals surface area (Å²) in [6.45, 7) is 1.65. The van der Waals surface area contributed by atoms with Crippen molar-refractivity contribution in [2.75, 3.05) is 13.7 Å². The molecule has 3 radical (unpaired) electrons. The lowest BCUT2D eigenvalue weighted by atomic mass is 10.2. The Labute approximate surface area is 121 Å². The van der Waals surface area contributed by atoms with E-state index in [1.54, 1.807) is 12.1 Å². The fraction of sp³-hybridized carbons (Fsp3) is 0.250. The summed E-state index contributed by atoms with van der Waals surface area (Å²) in [5.41, 5.74) is 1.11. The van der Waals surface area contributed by atoms with Crippen LogP contribution in [0.5, 0.6) is 5.75 Å². The van der Waals surface area contributed by atoms with Crippen LogP contribution in [0.1, 0.15) is 5.56 Å². The van der Waals surface area contributed by atoms with Crippen LogP contribution >= 0.6 is 0 Å². The van der Waals surface area contributed by atoms with E-state index >= 15 is 0 Å². The van der Waals surface area contributed by atoms with E-state index in [0.29, 0.717) is 5.75 Å². The summed E-state index contributed by atoms with van der Waals surface area (Å²) >= 11 is 0. The molecule has 0 aliphatic carbocycles. The lowest BCUT2D eigenvalue weighted by molar-refractivity contribution is -0.161. The first-order valence-corrected chi connectivity index (χ1v) is 5.42. The second-order valence-corrected chi connectivity index (χ2v) is 4.02. The number of rotatable bonds is 4. The predicted molar refractivity (Wildman–Crippen MR) is 69.2 cm³/mol. The van der Waals surface area contributed by atoms with Crippen molar-refractivity contribution in [3.8, 4) is 5.75 Å². The minimum Gasteiger partial charge on any atom is -0.447 e. The molecule has 1 aliphatic heterocycles. The van der Waals surface area contributed by atoms with Gasteiger partial charge < -0.3 is 14.9 Å². The second-order valence-electron chi connectivity index (χ2n) is 4.02. The molecule has 2 rings (SSSR count). The third-order valence-corrected chi connectivity index (χ3v) is 2.45. The number of hydrogen-bond donors (Lipinski definition) is 1.